The summed E-state index contributed by atoms with van der Waals surface area (Å²) in [6, 6.07) is 0. The summed E-state index contributed by atoms with van der Waals surface area (Å²) in [6.45, 7) is 11.7. The molecule has 0 aromatic heterocycles. The first-order valence-electron chi connectivity index (χ1n) is 6.05. The van der Waals surface area contributed by atoms with E-state index in [1.807, 2.05) is 20.8 Å². The monoisotopic (exact) mass is 370 g/mol. The predicted molar refractivity (Wildman–Crippen MR) is 87.2 cm³/mol. The number of hydrogen-bond donors (Lipinski definition) is 3. The second-order valence-electron chi connectivity index (χ2n) is 5.55. The van der Waals surface area contributed by atoms with Crippen LogP contribution in [0.4, 0.5) is 0 Å². The molecule has 0 unspecified atom stereocenters. The van der Waals surface area contributed by atoms with Crippen molar-refractivity contribution < 1.29 is 4.79 Å². The molecule has 0 bridgehead atoms. The summed E-state index contributed by atoms with van der Waals surface area (Å²) in [6.07, 6.45) is 0. The van der Waals surface area contributed by atoms with E-state index < -0.39 is 0 Å². The zero-order chi connectivity index (χ0) is 13.5. The number of amides is 1. The first-order chi connectivity index (χ1) is 7.73. The van der Waals surface area contributed by atoms with E-state index in [4.69, 9.17) is 5.73 Å². The Hall–Kier alpha value is -0.530. The summed E-state index contributed by atoms with van der Waals surface area (Å²) in [5.41, 5.74) is 5.30. The standard InChI is InChI=1S/C12H26N4O.HI/c1-9(2)8-16-11(13)15-7-6-14-10(17)12(3,4)5;/h9H,6-8H2,1-5H3,(H,14,17)(H3,13,15,16);1H. The van der Waals surface area contributed by atoms with E-state index in [9.17, 15) is 4.79 Å². The van der Waals surface area contributed by atoms with Crippen LogP contribution in [0.25, 0.3) is 0 Å². The lowest BCUT2D eigenvalue weighted by atomic mass is 9.96. The number of carbonyl (C=O) groups excluding carboxylic acids is 1. The second kappa shape index (κ2) is 9.41. The average Bonchev–Trinajstić information content (AvgIpc) is 2.19. The Balaban J connectivity index is 0. The maximum Gasteiger partial charge on any atom is 0.225 e. The smallest absolute Gasteiger partial charge is 0.225 e. The summed E-state index contributed by atoms with van der Waals surface area (Å²) in [7, 11) is 0. The summed E-state index contributed by atoms with van der Waals surface area (Å²) >= 11 is 0. The van der Waals surface area contributed by atoms with Crippen molar-refractivity contribution in [1.29, 1.82) is 0 Å². The third-order valence-electron chi connectivity index (χ3n) is 2.02. The summed E-state index contributed by atoms with van der Waals surface area (Å²) in [5, 5.41) is 5.79. The van der Waals surface area contributed by atoms with Crippen LogP contribution in [0, 0.1) is 11.3 Å². The van der Waals surface area contributed by atoms with Crippen molar-refractivity contribution in [3.05, 3.63) is 0 Å². The van der Waals surface area contributed by atoms with E-state index in [-0.39, 0.29) is 35.3 Å². The molecule has 0 aliphatic heterocycles. The number of aliphatic imine (C=N–C) groups is 1. The minimum atomic E-state index is -0.350. The second-order valence-corrected chi connectivity index (χ2v) is 5.55. The van der Waals surface area contributed by atoms with Crippen molar-refractivity contribution in [3.63, 3.8) is 0 Å². The molecule has 0 heterocycles. The van der Waals surface area contributed by atoms with Crippen LogP contribution in [0.1, 0.15) is 34.6 Å². The Morgan fingerprint density at radius 3 is 2.17 bits per heavy atom. The van der Waals surface area contributed by atoms with Gasteiger partial charge < -0.3 is 16.4 Å². The number of carbonyl (C=O) groups is 1. The quantitative estimate of drug-likeness (QED) is 0.296. The van der Waals surface area contributed by atoms with E-state index in [1.54, 1.807) is 0 Å². The zero-order valence-corrected chi connectivity index (χ0v) is 14.4. The van der Waals surface area contributed by atoms with Gasteiger partial charge in [0, 0.05) is 25.0 Å². The van der Waals surface area contributed by atoms with Gasteiger partial charge in [0.25, 0.3) is 0 Å². The van der Waals surface area contributed by atoms with E-state index in [0.29, 0.717) is 31.5 Å². The van der Waals surface area contributed by atoms with Crippen molar-refractivity contribution in [2.75, 3.05) is 19.6 Å². The lowest BCUT2D eigenvalue weighted by molar-refractivity contribution is -0.128. The molecule has 0 spiro atoms. The van der Waals surface area contributed by atoms with Crippen LogP contribution in [0.2, 0.25) is 0 Å². The highest BCUT2D eigenvalue weighted by Gasteiger charge is 2.20. The van der Waals surface area contributed by atoms with Crippen LogP contribution in [0.5, 0.6) is 0 Å². The highest BCUT2D eigenvalue weighted by molar-refractivity contribution is 14.0. The first-order valence-corrected chi connectivity index (χ1v) is 6.05. The molecule has 0 saturated heterocycles. The molecule has 6 heteroatoms. The minimum Gasteiger partial charge on any atom is -0.370 e. The van der Waals surface area contributed by atoms with Gasteiger partial charge in [-0.25, -0.2) is 0 Å². The average molecular weight is 370 g/mol. The number of guanidine groups is 1. The number of hydrogen-bond acceptors (Lipinski definition) is 2. The van der Waals surface area contributed by atoms with Crippen molar-refractivity contribution in [2.45, 2.75) is 34.6 Å². The Morgan fingerprint density at radius 2 is 1.72 bits per heavy atom. The van der Waals surface area contributed by atoms with Gasteiger partial charge in [-0.05, 0) is 5.92 Å². The molecular formula is C12H27IN4O. The van der Waals surface area contributed by atoms with Gasteiger partial charge in [-0.1, -0.05) is 34.6 Å². The maximum atomic E-state index is 11.5. The summed E-state index contributed by atoms with van der Waals surface area (Å²) in [5.74, 6) is 0.969. The van der Waals surface area contributed by atoms with Gasteiger partial charge in [0.05, 0.1) is 0 Å². The molecule has 108 valence electrons. The number of nitrogens with one attached hydrogen (secondary N) is 2. The van der Waals surface area contributed by atoms with E-state index in [1.165, 1.54) is 0 Å². The SMILES string of the molecule is CC(C)CN=C(N)NCCNC(=O)C(C)(C)C.I. The lowest BCUT2D eigenvalue weighted by Crippen LogP contribution is -2.41. The molecular weight excluding hydrogens is 343 g/mol. The number of nitrogens with two attached hydrogens (primary N) is 1. The van der Waals surface area contributed by atoms with Crippen LogP contribution in [0.15, 0.2) is 4.99 Å². The molecule has 1 amide bonds. The molecule has 0 rings (SSSR count). The topological polar surface area (TPSA) is 79.5 Å². The molecule has 0 atom stereocenters. The maximum absolute atomic E-state index is 11.5. The third kappa shape index (κ3) is 10.6. The van der Waals surface area contributed by atoms with Crippen molar-refractivity contribution >= 4 is 35.8 Å². The number of rotatable bonds is 5. The molecule has 0 aliphatic carbocycles. The molecule has 0 radical (unpaired) electrons. The van der Waals surface area contributed by atoms with Gasteiger partial charge in [0.15, 0.2) is 5.96 Å². The van der Waals surface area contributed by atoms with E-state index >= 15 is 0 Å². The highest BCUT2D eigenvalue weighted by Crippen LogP contribution is 2.11. The fourth-order valence-electron chi connectivity index (χ4n) is 0.969. The summed E-state index contributed by atoms with van der Waals surface area (Å²) in [4.78, 5) is 15.7. The minimum absolute atomic E-state index is 0. The van der Waals surface area contributed by atoms with Crippen LogP contribution in [0.3, 0.4) is 0 Å². The van der Waals surface area contributed by atoms with Gasteiger partial charge in [0.2, 0.25) is 5.91 Å². The van der Waals surface area contributed by atoms with Crippen LogP contribution in [-0.4, -0.2) is 31.5 Å². The van der Waals surface area contributed by atoms with Gasteiger partial charge >= 0.3 is 0 Å². The first kappa shape index (κ1) is 19.8. The highest BCUT2D eigenvalue weighted by atomic mass is 127. The zero-order valence-electron chi connectivity index (χ0n) is 12.0. The van der Waals surface area contributed by atoms with Gasteiger partial charge in [-0.3, -0.25) is 9.79 Å². The Labute approximate surface area is 127 Å². The van der Waals surface area contributed by atoms with E-state index in [0.717, 1.165) is 0 Å². The molecule has 0 aromatic rings. The normalized spacial score (nSPS) is 12.0. The molecule has 18 heavy (non-hydrogen) atoms. The van der Waals surface area contributed by atoms with Crippen molar-refractivity contribution in [3.8, 4) is 0 Å². The Kier molecular flexibility index (Phi) is 10.3. The molecule has 0 aliphatic rings. The molecule has 0 aromatic carbocycles. The number of halogens is 1. The van der Waals surface area contributed by atoms with Gasteiger partial charge in [-0.2, -0.15) is 0 Å². The third-order valence-corrected chi connectivity index (χ3v) is 2.02. The lowest BCUT2D eigenvalue weighted by Gasteiger charge is -2.17. The number of nitrogens with zero attached hydrogens (tertiary/aromatic N) is 1. The van der Waals surface area contributed by atoms with Gasteiger partial charge in [0.1, 0.15) is 0 Å². The van der Waals surface area contributed by atoms with Crippen molar-refractivity contribution in [1.82, 2.24) is 10.6 Å². The Morgan fingerprint density at radius 1 is 1.22 bits per heavy atom. The summed E-state index contributed by atoms with van der Waals surface area (Å²) < 4.78 is 0. The van der Waals surface area contributed by atoms with E-state index in [2.05, 4.69) is 29.5 Å². The predicted octanol–water partition coefficient (Wildman–Crippen LogP) is 1.33. The Bertz CT molecular complexity index is 272. The van der Waals surface area contributed by atoms with Crippen LogP contribution < -0.4 is 16.4 Å². The largest absolute Gasteiger partial charge is 0.370 e. The molecule has 0 saturated carbocycles. The fourth-order valence-corrected chi connectivity index (χ4v) is 0.969. The molecule has 5 nitrogen and oxygen atoms in total. The fraction of sp³-hybridized carbons (Fsp3) is 0.833. The van der Waals surface area contributed by atoms with Gasteiger partial charge in [-0.15, -0.1) is 24.0 Å². The van der Waals surface area contributed by atoms with Crippen LogP contribution in [-0.2, 0) is 4.79 Å². The van der Waals surface area contributed by atoms with Crippen LogP contribution >= 0.6 is 24.0 Å². The molecule has 0 fully saturated rings. The molecule has 4 N–H and O–H groups in total. The van der Waals surface area contributed by atoms with Crippen molar-refractivity contribution in [2.24, 2.45) is 22.1 Å².